The standard InChI is InChI=1S/C39H50ClN3O9S/c1-25(45)42-16-6-19-43(38(50)37(49)36(48)35(47)33(46)23-44)18-4-5-20-53-28-11-12-32(40)26(21-28)24-51-39(14-15-39)31-22-41-17-13-29(31)30-7-2-3-8-34(30)52-27-9-10-27/h2-3,7-8,11-13,17,21-22,27,33,35-37,44,46-49H,4-6,9-10,14-16,18-20,23-24H2,1H3,(H,42,45). The summed E-state index contributed by atoms with van der Waals surface area (Å²) in [4.78, 5) is 31.2. The van der Waals surface area contributed by atoms with Crippen molar-refractivity contribution in [3.63, 3.8) is 0 Å². The Bertz CT molecular complexity index is 1670. The molecule has 1 heterocycles. The zero-order valence-corrected chi connectivity index (χ0v) is 31.5. The SMILES string of the molecule is CC(=O)NCCCN(CCCCSc1ccc(Cl)c(COC2(c3cnccc3-c3ccccc3OC3CC3)CC2)c1)C(=O)C(O)C(O)C(O)C(O)CO. The molecule has 0 aliphatic heterocycles. The van der Waals surface area contributed by atoms with Crippen molar-refractivity contribution in [3.8, 4) is 16.9 Å². The Hall–Kier alpha value is -3.27. The maximum atomic E-state index is 13.1. The van der Waals surface area contributed by atoms with E-state index in [2.05, 4.69) is 16.4 Å². The fraction of sp³-hybridized carbons (Fsp3) is 0.513. The molecule has 4 unspecified atom stereocenters. The fourth-order valence-electron chi connectivity index (χ4n) is 6.04. The van der Waals surface area contributed by atoms with Crippen LogP contribution in [0.3, 0.4) is 0 Å². The van der Waals surface area contributed by atoms with Crippen LogP contribution < -0.4 is 10.1 Å². The van der Waals surface area contributed by atoms with Crippen LogP contribution in [0.2, 0.25) is 5.02 Å². The van der Waals surface area contributed by atoms with Gasteiger partial charge in [0.1, 0.15) is 24.1 Å². The molecule has 2 amide bonds. The minimum Gasteiger partial charge on any atom is -0.490 e. The van der Waals surface area contributed by atoms with Crippen molar-refractivity contribution in [2.45, 2.75) is 99.5 Å². The maximum Gasteiger partial charge on any atom is 0.254 e. The van der Waals surface area contributed by atoms with Gasteiger partial charge in [-0.25, -0.2) is 0 Å². The van der Waals surface area contributed by atoms with Gasteiger partial charge in [0.05, 0.1) is 24.9 Å². The number of benzene rings is 2. The van der Waals surface area contributed by atoms with Crippen molar-refractivity contribution in [3.05, 3.63) is 77.1 Å². The summed E-state index contributed by atoms with van der Waals surface area (Å²) in [5.74, 6) is 0.577. The average molecular weight is 772 g/mol. The summed E-state index contributed by atoms with van der Waals surface area (Å²) in [6, 6.07) is 16.0. The van der Waals surface area contributed by atoms with E-state index in [1.165, 1.54) is 11.8 Å². The number of para-hydroxylation sites is 1. The van der Waals surface area contributed by atoms with Gasteiger partial charge < -0.3 is 45.2 Å². The fourth-order valence-corrected chi connectivity index (χ4v) is 7.19. The van der Waals surface area contributed by atoms with Crippen molar-refractivity contribution < 1.29 is 44.6 Å². The molecular weight excluding hydrogens is 722 g/mol. The van der Waals surface area contributed by atoms with Gasteiger partial charge >= 0.3 is 0 Å². The van der Waals surface area contributed by atoms with Crippen molar-refractivity contribution in [1.29, 1.82) is 0 Å². The molecule has 2 aliphatic carbocycles. The number of halogens is 1. The van der Waals surface area contributed by atoms with Crippen molar-refractivity contribution in [1.82, 2.24) is 15.2 Å². The third-order valence-corrected chi connectivity index (χ3v) is 10.9. The Morgan fingerprint density at radius 2 is 1.77 bits per heavy atom. The third kappa shape index (κ3) is 11.4. The summed E-state index contributed by atoms with van der Waals surface area (Å²) in [7, 11) is 0. The lowest BCUT2D eigenvalue weighted by atomic mass is 9.96. The van der Waals surface area contributed by atoms with E-state index in [1.807, 2.05) is 48.7 Å². The molecule has 2 aliphatic rings. The van der Waals surface area contributed by atoms with Crippen LogP contribution in [0.1, 0.15) is 63.0 Å². The first kappa shape index (κ1) is 40.9. The van der Waals surface area contributed by atoms with Gasteiger partial charge in [0.15, 0.2) is 6.10 Å². The van der Waals surface area contributed by atoms with Crippen LogP contribution in [-0.2, 0) is 26.5 Å². The molecule has 2 aromatic carbocycles. The summed E-state index contributed by atoms with van der Waals surface area (Å²) >= 11 is 8.29. The number of pyridine rings is 1. The minimum atomic E-state index is -2.01. The monoisotopic (exact) mass is 771 g/mol. The number of hydrogen-bond donors (Lipinski definition) is 6. The molecule has 0 spiro atoms. The average Bonchev–Trinajstić information content (AvgIpc) is 4.12. The Morgan fingerprint density at radius 1 is 1.02 bits per heavy atom. The molecule has 6 N–H and O–H groups in total. The topological polar surface area (TPSA) is 182 Å². The zero-order chi connectivity index (χ0) is 38.0. The lowest BCUT2D eigenvalue weighted by molar-refractivity contribution is -0.158. The molecule has 0 radical (unpaired) electrons. The molecular formula is C39H50ClN3O9S. The molecule has 14 heteroatoms. The van der Waals surface area contributed by atoms with E-state index in [9.17, 15) is 30.0 Å². The maximum absolute atomic E-state index is 13.1. The van der Waals surface area contributed by atoms with E-state index in [0.29, 0.717) is 31.0 Å². The van der Waals surface area contributed by atoms with Gasteiger partial charge in [-0.3, -0.25) is 14.6 Å². The van der Waals surface area contributed by atoms with Gasteiger partial charge in [0.25, 0.3) is 5.91 Å². The number of amides is 2. The van der Waals surface area contributed by atoms with Crippen LogP contribution in [0.4, 0.5) is 0 Å². The molecule has 5 rings (SSSR count). The molecule has 2 fully saturated rings. The second kappa shape index (κ2) is 19.4. The summed E-state index contributed by atoms with van der Waals surface area (Å²) in [5.41, 5.74) is 3.54. The molecule has 3 aromatic rings. The zero-order valence-electron chi connectivity index (χ0n) is 29.9. The Labute approximate surface area is 319 Å². The first-order chi connectivity index (χ1) is 25.5. The van der Waals surface area contributed by atoms with E-state index in [-0.39, 0.29) is 25.1 Å². The summed E-state index contributed by atoms with van der Waals surface area (Å²) < 4.78 is 12.9. The number of aromatic nitrogens is 1. The number of unbranched alkanes of at least 4 members (excludes halogenated alkanes) is 1. The largest absolute Gasteiger partial charge is 0.490 e. The lowest BCUT2D eigenvalue weighted by Crippen LogP contribution is -2.53. The third-order valence-electron chi connectivity index (χ3n) is 9.42. The molecule has 2 saturated carbocycles. The molecule has 288 valence electrons. The van der Waals surface area contributed by atoms with E-state index < -0.39 is 42.5 Å². The first-order valence-corrected chi connectivity index (χ1v) is 19.5. The summed E-state index contributed by atoms with van der Waals surface area (Å²) in [6.45, 7) is 1.64. The Kier molecular flexibility index (Phi) is 14.9. The van der Waals surface area contributed by atoms with Gasteiger partial charge in [-0.2, -0.15) is 0 Å². The smallest absolute Gasteiger partial charge is 0.254 e. The first-order valence-electron chi connectivity index (χ1n) is 18.1. The number of ether oxygens (including phenoxy) is 2. The molecule has 0 saturated heterocycles. The molecule has 12 nitrogen and oxygen atoms in total. The highest BCUT2D eigenvalue weighted by atomic mass is 35.5. The van der Waals surface area contributed by atoms with Crippen molar-refractivity contribution in [2.24, 2.45) is 0 Å². The number of nitrogens with zero attached hydrogens (tertiary/aromatic N) is 2. The lowest BCUT2D eigenvalue weighted by Gasteiger charge is -2.30. The van der Waals surface area contributed by atoms with Gasteiger partial charge in [0, 0.05) is 60.0 Å². The van der Waals surface area contributed by atoms with Crippen molar-refractivity contribution >= 4 is 35.2 Å². The number of aliphatic hydroxyl groups is 5. The van der Waals surface area contributed by atoms with Gasteiger partial charge in [0.2, 0.25) is 5.91 Å². The predicted octanol–water partition coefficient (Wildman–Crippen LogP) is 3.81. The van der Waals surface area contributed by atoms with Crippen LogP contribution in [0.15, 0.2) is 65.8 Å². The summed E-state index contributed by atoms with van der Waals surface area (Å²) in [5, 5.41) is 52.8. The second-order valence-corrected chi connectivity index (χ2v) is 15.2. The minimum absolute atomic E-state index is 0.192. The van der Waals surface area contributed by atoms with E-state index in [1.54, 1.807) is 18.0 Å². The van der Waals surface area contributed by atoms with E-state index >= 15 is 0 Å². The number of aliphatic hydroxyl groups excluding tert-OH is 5. The number of rotatable bonds is 22. The van der Waals surface area contributed by atoms with Crippen LogP contribution in [0, 0.1) is 0 Å². The highest BCUT2D eigenvalue weighted by molar-refractivity contribution is 7.99. The Morgan fingerprint density at radius 3 is 2.49 bits per heavy atom. The number of nitrogens with one attached hydrogen (secondary N) is 1. The number of carbonyl (C=O) groups is 2. The van der Waals surface area contributed by atoms with Crippen LogP contribution in [-0.4, -0.2) is 110 Å². The second-order valence-electron chi connectivity index (χ2n) is 13.7. The normalized spacial score (nSPS) is 17.0. The molecule has 53 heavy (non-hydrogen) atoms. The highest BCUT2D eigenvalue weighted by Crippen LogP contribution is 2.53. The van der Waals surface area contributed by atoms with Crippen LogP contribution >= 0.6 is 23.4 Å². The molecule has 1 aromatic heterocycles. The molecule has 4 atom stereocenters. The van der Waals surface area contributed by atoms with E-state index in [0.717, 1.165) is 70.8 Å². The number of hydrogen-bond acceptors (Lipinski definition) is 11. The van der Waals surface area contributed by atoms with Crippen LogP contribution in [0.25, 0.3) is 11.1 Å². The van der Waals surface area contributed by atoms with Crippen molar-refractivity contribution in [2.75, 3.05) is 32.0 Å². The highest BCUT2D eigenvalue weighted by Gasteiger charge is 2.48. The van der Waals surface area contributed by atoms with Gasteiger partial charge in [-0.05, 0) is 92.2 Å². The van der Waals surface area contributed by atoms with Gasteiger partial charge in [-0.15, -0.1) is 11.8 Å². The Balaban J connectivity index is 1.15. The van der Waals surface area contributed by atoms with E-state index in [4.69, 9.17) is 26.2 Å². The van der Waals surface area contributed by atoms with Gasteiger partial charge in [-0.1, -0.05) is 29.8 Å². The predicted molar refractivity (Wildman–Crippen MR) is 201 cm³/mol. The quantitative estimate of drug-likeness (QED) is 0.0646. The summed E-state index contributed by atoms with van der Waals surface area (Å²) in [6.07, 6.45) is 1.95. The van der Waals surface area contributed by atoms with Crippen LogP contribution in [0.5, 0.6) is 5.75 Å². The number of thioether (sulfide) groups is 1. The molecule has 0 bridgehead atoms. The number of carbonyl (C=O) groups excluding carboxylic acids is 2.